The first-order valence-corrected chi connectivity index (χ1v) is 11.0. The minimum absolute atomic E-state index is 0.0930. The monoisotopic (exact) mass is 427 g/mol. The van der Waals surface area contributed by atoms with Gasteiger partial charge >= 0.3 is 0 Å². The second-order valence-electron chi connectivity index (χ2n) is 6.49. The topological polar surface area (TPSA) is 9.23 Å². The molecule has 0 amide bonds. The van der Waals surface area contributed by atoms with Crippen LogP contribution >= 0.6 is 21.8 Å². The van der Waals surface area contributed by atoms with Crippen LogP contribution in [0.2, 0.25) is 0 Å². The van der Waals surface area contributed by atoms with Gasteiger partial charge in [-0.15, -0.1) is 11.3 Å². The fourth-order valence-electron chi connectivity index (χ4n) is 3.43. The van der Waals surface area contributed by atoms with Gasteiger partial charge in [0.15, 0.2) is 20.1 Å². The molecule has 3 aromatic carbocycles. The third-order valence-corrected chi connectivity index (χ3v) is 7.99. The Bertz CT molecular complexity index is 1280. The van der Waals surface area contributed by atoms with E-state index in [9.17, 15) is 13.2 Å². The lowest BCUT2D eigenvalue weighted by atomic mass is 10.2. The van der Waals surface area contributed by atoms with Crippen LogP contribution in [0.1, 0.15) is 4.88 Å². The summed E-state index contributed by atoms with van der Waals surface area (Å²) in [6.07, 6.45) is 0. The standard InChI is InChI=1S/C23H14F3OS2/c24-21-18(28-23(26)22(21)25)13-27-14-9-11-15(12-10-14)29-19-7-3-1-5-16(19)17-6-2-4-8-20(17)29/h1-12H,13H2/q+1. The summed E-state index contributed by atoms with van der Waals surface area (Å²) < 4.78 is 48.0. The van der Waals surface area contributed by atoms with E-state index in [2.05, 4.69) is 48.5 Å². The van der Waals surface area contributed by atoms with Crippen LogP contribution < -0.4 is 4.74 Å². The fourth-order valence-corrected chi connectivity index (χ4v) is 6.50. The first-order valence-electron chi connectivity index (χ1n) is 8.91. The predicted molar refractivity (Wildman–Crippen MR) is 114 cm³/mol. The van der Waals surface area contributed by atoms with E-state index in [4.69, 9.17) is 4.74 Å². The summed E-state index contributed by atoms with van der Waals surface area (Å²) in [5, 5.41) is 1.35. The number of hydrogen-bond acceptors (Lipinski definition) is 2. The molecule has 2 aromatic heterocycles. The molecule has 0 fully saturated rings. The zero-order chi connectivity index (χ0) is 20.0. The highest BCUT2D eigenvalue weighted by molar-refractivity contribution is 7.50. The van der Waals surface area contributed by atoms with Crippen molar-refractivity contribution < 1.29 is 17.9 Å². The Morgan fingerprint density at radius 1 is 0.724 bits per heavy atom. The molecule has 0 saturated heterocycles. The summed E-state index contributed by atoms with van der Waals surface area (Å²) in [5.41, 5.74) is 0. The minimum atomic E-state index is -1.44. The number of thiophene rings is 2. The fraction of sp³-hybridized carbons (Fsp3) is 0.0435. The van der Waals surface area contributed by atoms with Gasteiger partial charge in [0.05, 0.1) is 4.88 Å². The first kappa shape index (κ1) is 18.2. The molecule has 0 spiro atoms. The van der Waals surface area contributed by atoms with Crippen molar-refractivity contribution in [3.05, 3.63) is 94.4 Å². The molecule has 0 radical (unpaired) electrons. The van der Waals surface area contributed by atoms with Crippen LogP contribution in [0.4, 0.5) is 13.2 Å². The summed E-state index contributed by atoms with van der Waals surface area (Å²) in [6, 6.07) is 24.4. The van der Waals surface area contributed by atoms with Crippen LogP contribution in [-0.2, 0) is 6.61 Å². The summed E-state index contributed by atoms with van der Waals surface area (Å²) in [5.74, 6) is -2.10. The van der Waals surface area contributed by atoms with Gasteiger partial charge in [0.2, 0.25) is 10.9 Å². The molecule has 0 aliphatic heterocycles. The van der Waals surface area contributed by atoms with Gasteiger partial charge in [-0.05, 0) is 36.4 Å². The number of halogens is 3. The molecule has 2 heterocycles. The van der Waals surface area contributed by atoms with Crippen molar-refractivity contribution >= 4 is 42.0 Å². The Kier molecular flexibility index (Phi) is 4.53. The van der Waals surface area contributed by atoms with Crippen LogP contribution in [0.25, 0.3) is 25.1 Å². The van der Waals surface area contributed by atoms with Gasteiger partial charge in [-0.2, -0.15) is 8.78 Å². The van der Waals surface area contributed by atoms with Gasteiger partial charge < -0.3 is 4.74 Å². The quantitative estimate of drug-likeness (QED) is 0.266. The molecule has 0 bridgehead atoms. The lowest BCUT2D eigenvalue weighted by molar-refractivity contribution is 0.302. The molecule has 144 valence electrons. The number of hydrogen-bond donors (Lipinski definition) is 0. The molecule has 0 atom stereocenters. The average molecular weight is 427 g/mol. The third kappa shape index (κ3) is 3.09. The summed E-state index contributed by atoms with van der Waals surface area (Å²) in [4.78, 5) is 1.05. The van der Waals surface area contributed by atoms with E-state index < -0.39 is 16.8 Å². The summed E-state index contributed by atoms with van der Waals surface area (Å²) in [7, 11) is -0.205. The maximum Gasteiger partial charge on any atom is 0.215 e. The predicted octanol–water partition coefficient (Wildman–Crippen LogP) is 7.79. The Morgan fingerprint density at radius 3 is 1.86 bits per heavy atom. The summed E-state index contributed by atoms with van der Waals surface area (Å²) in [6.45, 7) is -0.214. The number of rotatable bonds is 4. The smallest absolute Gasteiger partial charge is 0.215 e. The van der Waals surface area contributed by atoms with Crippen LogP contribution in [0, 0.1) is 16.8 Å². The van der Waals surface area contributed by atoms with E-state index in [1.807, 2.05) is 24.3 Å². The van der Waals surface area contributed by atoms with Crippen molar-refractivity contribution in [2.45, 2.75) is 6.61 Å². The van der Waals surface area contributed by atoms with Gasteiger partial charge in [-0.1, -0.05) is 24.3 Å². The maximum atomic E-state index is 13.6. The number of ether oxygens (including phenoxy) is 1. The van der Waals surface area contributed by atoms with Gasteiger partial charge in [-0.3, -0.25) is 0 Å². The van der Waals surface area contributed by atoms with E-state index in [0.717, 1.165) is 4.90 Å². The SMILES string of the molecule is Fc1sc(COc2ccc(-[s+]3c4ccccc4c4ccccc43)cc2)c(F)c1F. The van der Waals surface area contributed by atoms with Gasteiger partial charge in [0.1, 0.15) is 12.4 Å². The Labute approximate surface area is 171 Å². The first-order chi connectivity index (χ1) is 14.1. The molecular formula is C23H14F3OS2+. The van der Waals surface area contributed by atoms with Crippen molar-refractivity contribution in [2.75, 3.05) is 0 Å². The Morgan fingerprint density at radius 2 is 1.31 bits per heavy atom. The highest BCUT2D eigenvalue weighted by atomic mass is 32.2. The Hall–Kier alpha value is -2.83. The molecule has 5 aromatic rings. The molecule has 0 saturated carbocycles. The van der Waals surface area contributed by atoms with Crippen molar-refractivity contribution in [3.8, 4) is 10.6 Å². The molecule has 0 unspecified atom stereocenters. The van der Waals surface area contributed by atoms with Crippen molar-refractivity contribution in [3.63, 3.8) is 0 Å². The second-order valence-corrected chi connectivity index (χ2v) is 9.50. The minimum Gasteiger partial charge on any atom is -0.488 e. The van der Waals surface area contributed by atoms with Crippen molar-refractivity contribution in [2.24, 2.45) is 0 Å². The third-order valence-electron chi connectivity index (χ3n) is 4.76. The maximum absolute atomic E-state index is 13.6. The molecule has 6 heteroatoms. The van der Waals surface area contributed by atoms with Crippen LogP contribution in [0.5, 0.6) is 5.75 Å². The Balaban J connectivity index is 1.48. The average Bonchev–Trinajstić information content (AvgIpc) is 3.22. The van der Waals surface area contributed by atoms with Crippen LogP contribution in [0.15, 0.2) is 72.8 Å². The highest BCUT2D eigenvalue weighted by Crippen LogP contribution is 2.48. The van der Waals surface area contributed by atoms with Crippen molar-refractivity contribution in [1.29, 1.82) is 0 Å². The summed E-state index contributed by atoms with van der Waals surface area (Å²) >= 11 is 0.428. The largest absolute Gasteiger partial charge is 0.488 e. The molecule has 0 N–H and O–H groups in total. The van der Waals surface area contributed by atoms with Crippen LogP contribution in [0.3, 0.4) is 0 Å². The van der Waals surface area contributed by atoms with E-state index >= 15 is 0 Å². The second kappa shape index (κ2) is 7.21. The number of benzene rings is 3. The number of fused-ring (bicyclic) bond motifs is 3. The normalized spacial score (nSPS) is 11.4. The molecule has 0 aliphatic rings. The van der Waals surface area contributed by atoms with E-state index in [0.29, 0.717) is 17.1 Å². The molecular weight excluding hydrogens is 413 g/mol. The zero-order valence-corrected chi connectivity index (χ0v) is 16.6. The lowest BCUT2D eigenvalue weighted by Crippen LogP contribution is -1.95. The van der Waals surface area contributed by atoms with Gasteiger partial charge in [-0.25, -0.2) is 4.39 Å². The van der Waals surface area contributed by atoms with E-state index in [-0.39, 0.29) is 22.0 Å². The van der Waals surface area contributed by atoms with Crippen molar-refractivity contribution in [1.82, 2.24) is 0 Å². The van der Waals surface area contributed by atoms with E-state index in [1.165, 1.54) is 20.2 Å². The van der Waals surface area contributed by atoms with Crippen LogP contribution in [-0.4, -0.2) is 0 Å². The lowest BCUT2D eigenvalue weighted by Gasteiger charge is -2.04. The molecule has 5 rings (SSSR count). The molecule has 0 aliphatic carbocycles. The zero-order valence-electron chi connectivity index (χ0n) is 15.0. The van der Waals surface area contributed by atoms with Gasteiger partial charge in [0.25, 0.3) is 0 Å². The highest BCUT2D eigenvalue weighted by Gasteiger charge is 2.23. The van der Waals surface area contributed by atoms with E-state index in [1.54, 1.807) is 0 Å². The van der Waals surface area contributed by atoms with Gasteiger partial charge in [0, 0.05) is 33.4 Å². The molecule has 1 nitrogen and oxygen atoms in total. The molecule has 29 heavy (non-hydrogen) atoms.